The van der Waals surface area contributed by atoms with Gasteiger partial charge in [-0.2, -0.15) is 0 Å². The number of nitrogens with one attached hydrogen (secondary N) is 1. The molecule has 0 saturated heterocycles. The number of terminal acetylenes is 1. The molecule has 0 aliphatic heterocycles. The molecule has 0 bridgehead atoms. The zero-order valence-corrected chi connectivity index (χ0v) is 12.2. The fourth-order valence-electron chi connectivity index (χ4n) is 2.01. The topological polar surface area (TPSA) is 75.1 Å². The van der Waals surface area contributed by atoms with Crippen LogP contribution in [0.2, 0.25) is 5.02 Å². The van der Waals surface area contributed by atoms with Crippen LogP contribution in [0.4, 0.5) is 0 Å². The highest BCUT2D eigenvalue weighted by Crippen LogP contribution is 2.32. The summed E-state index contributed by atoms with van der Waals surface area (Å²) in [4.78, 5) is 26.1. The summed E-state index contributed by atoms with van der Waals surface area (Å²) in [6.45, 7) is 3.14. The molecule has 2 aromatic rings. The summed E-state index contributed by atoms with van der Waals surface area (Å²) in [5.74, 6) is 1.89. The molecular weight excluding hydrogens is 292 g/mol. The van der Waals surface area contributed by atoms with E-state index in [1.165, 1.54) is 0 Å². The molecular formula is C15H13ClN2O3. The lowest BCUT2D eigenvalue weighted by Gasteiger charge is -2.23. The molecule has 5 nitrogen and oxygen atoms in total. The smallest absolute Gasteiger partial charge is 0.332 e. The second-order valence-corrected chi connectivity index (χ2v) is 5.38. The van der Waals surface area contributed by atoms with Crippen LogP contribution in [0.25, 0.3) is 11.1 Å². The predicted octanol–water partition coefficient (Wildman–Crippen LogP) is 1.93. The van der Waals surface area contributed by atoms with E-state index in [1.807, 2.05) is 0 Å². The van der Waals surface area contributed by atoms with Gasteiger partial charge in [0.15, 0.2) is 0 Å². The molecule has 6 heteroatoms. The van der Waals surface area contributed by atoms with Gasteiger partial charge in [-0.1, -0.05) is 35.7 Å². The van der Waals surface area contributed by atoms with E-state index in [4.69, 9.17) is 18.0 Å². The second kappa shape index (κ2) is 5.15. The maximum Gasteiger partial charge on any atom is 0.332 e. The van der Waals surface area contributed by atoms with E-state index in [-0.39, 0.29) is 10.6 Å². The Kier molecular flexibility index (Phi) is 3.67. The number of aromatic nitrogens is 2. The number of hydrogen-bond acceptors (Lipinski definition) is 3. The molecule has 1 heterocycles. The molecule has 0 aliphatic rings. The summed E-state index contributed by atoms with van der Waals surface area (Å²) in [6, 6.07) is 6.52. The molecule has 0 unspecified atom stereocenters. The van der Waals surface area contributed by atoms with Gasteiger partial charge in [-0.05, 0) is 19.9 Å². The van der Waals surface area contributed by atoms with Gasteiger partial charge in [0.05, 0.1) is 0 Å². The third-order valence-electron chi connectivity index (χ3n) is 3.14. The average Bonchev–Trinajstić information content (AvgIpc) is 2.40. The number of nitrogens with zero attached hydrogens (tertiary/aromatic N) is 1. The standard InChI is InChI=1S/C15H13ClN2O3/c1-4-15(2,3)18-13(20)11(12(19)17-14(18)21)9-7-5-6-8-10(9)16/h1,5-8,20H,2-3H3,(H,17,19,21). The van der Waals surface area contributed by atoms with Crippen LogP contribution in [-0.4, -0.2) is 14.7 Å². The molecule has 0 aliphatic carbocycles. The van der Waals surface area contributed by atoms with Crippen molar-refractivity contribution in [3.05, 3.63) is 50.1 Å². The number of rotatable bonds is 2. The molecule has 1 aromatic carbocycles. The van der Waals surface area contributed by atoms with Crippen LogP contribution >= 0.6 is 11.6 Å². The minimum atomic E-state index is -1.11. The Morgan fingerprint density at radius 2 is 1.95 bits per heavy atom. The average molecular weight is 305 g/mol. The van der Waals surface area contributed by atoms with Crippen LogP contribution in [0.1, 0.15) is 13.8 Å². The second-order valence-electron chi connectivity index (χ2n) is 4.98. The maximum atomic E-state index is 12.0. The van der Waals surface area contributed by atoms with E-state index in [0.717, 1.165) is 4.57 Å². The van der Waals surface area contributed by atoms with Gasteiger partial charge in [0.25, 0.3) is 5.56 Å². The van der Waals surface area contributed by atoms with Gasteiger partial charge in [0.1, 0.15) is 11.1 Å². The first kappa shape index (κ1) is 14.9. The molecule has 2 N–H and O–H groups in total. The van der Waals surface area contributed by atoms with Gasteiger partial charge in [-0.25, -0.2) is 9.36 Å². The molecule has 21 heavy (non-hydrogen) atoms. The van der Waals surface area contributed by atoms with Crippen molar-refractivity contribution in [2.75, 3.05) is 0 Å². The Morgan fingerprint density at radius 3 is 2.52 bits per heavy atom. The van der Waals surface area contributed by atoms with Gasteiger partial charge >= 0.3 is 5.69 Å². The fourth-order valence-corrected chi connectivity index (χ4v) is 2.25. The summed E-state index contributed by atoms with van der Waals surface area (Å²) in [7, 11) is 0. The quantitative estimate of drug-likeness (QED) is 0.833. The molecule has 0 saturated carbocycles. The van der Waals surface area contributed by atoms with Gasteiger partial charge in [0, 0.05) is 10.6 Å². The number of benzene rings is 1. The highest BCUT2D eigenvalue weighted by atomic mass is 35.5. The van der Waals surface area contributed by atoms with E-state index in [1.54, 1.807) is 38.1 Å². The maximum absolute atomic E-state index is 12.0. The van der Waals surface area contributed by atoms with Gasteiger partial charge in [-0.3, -0.25) is 9.78 Å². The van der Waals surface area contributed by atoms with Gasteiger partial charge in [-0.15, -0.1) is 6.42 Å². The first-order chi connectivity index (χ1) is 9.79. The van der Waals surface area contributed by atoms with Crippen molar-refractivity contribution in [3.63, 3.8) is 0 Å². The van der Waals surface area contributed by atoms with Crippen molar-refractivity contribution in [2.24, 2.45) is 0 Å². The van der Waals surface area contributed by atoms with Crippen molar-refractivity contribution >= 4 is 11.6 Å². The van der Waals surface area contributed by atoms with Crippen LogP contribution in [-0.2, 0) is 5.54 Å². The van der Waals surface area contributed by atoms with Crippen molar-refractivity contribution in [2.45, 2.75) is 19.4 Å². The monoisotopic (exact) mass is 304 g/mol. The molecule has 0 radical (unpaired) electrons. The molecule has 108 valence electrons. The first-order valence-corrected chi connectivity index (χ1v) is 6.49. The van der Waals surface area contributed by atoms with Crippen molar-refractivity contribution < 1.29 is 5.11 Å². The highest BCUT2D eigenvalue weighted by molar-refractivity contribution is 6.33. The zero-order valence-electron chi connectivity index (χ0n) is 11.5. The number of hydrogen-bond donors (Lipinski definition) is 2. The number of aromatic amines is 1. The van der Waals surface area contributed by atoms with Crippen molar-refractivity contribution in [1.29, 1.82) is 0 Å². The molecule has 0 atom stereocenters. The summed E-state index contributed by atoms with van der Waals surface area (Å²) in [6.07, 6.45) is 5.39. The van der Waals surface area contributed by atoms with Crippen LogP contribution in [0, 0.1) is 12.3 Å². The SMILES string of the molecule is C#CC(C)(C)n1c(O)c(-c2ccccc2Cl)c(=O)[nH]c1=O. The predicted molar refractivity (Wildman–Crippen MR) is 81.6 cm³/mol. The lowest BCUT2D eigenvalue weighted by Crippen LogP contribution is -2.40. The van der Waals surface area contributed by atoms with Crippen molar-refractivity contribution in [1.82, 2.24) is 9.55 Å². The van der Waals surface area contributed by atoms with Crippen LogP contribution in [0.3, 0.4) is 0 Å². The molecule has 2 rings (SSSR count). The number of aromatic hydroxyl groups is 1. The first-order valence-electron chi connectivity index (χ1n) is 6.11. The van der Waals surface area contributed by atoms with Crippen LogP contribution in [0.15, 0.2) is 33.9 Å². The minimum absolute atomic E-state index is 0.0940. The number of H-pyrrole nitrogens is 1. The van der Waals surface area contributed by atoms with Gasteiger partial charge in [0.2, 0.25) is 5.88 Å². The molecule has 0 amide bonds. The third kappa shape index (κ3) is 2.46. The Bertz CT molecular complexity index is 856. The minimum Gasteiger partial charge on any atom is -0.494 e. The molecule has 0 fully saturated rings. The summed E-state index contributed by atoms with van der Waals surface area (Å²) >= 11 is 6.05. The Labute approximate surface area is 125 Å². The van der Waals surface area contributed by atoms with Crippen LogP contribution in [0.5, 0.6) is 5.88 Å². The third-order valence-corrected chi connectivity index (χ3v) is 3.47. The summed E-state index contributed by atoms with van der Waals surface area (Å²) in [5, 5.41) is 10.7. The van der Waals surface area contributed by atoms with E-state index < -0.39 is 22.7 Å². The molecule has 1 aromatic heterocycles. The molecule has 0 spiro atoms. The van der Waals surface area contributed by atoms with E-state index >= 15 is 0 Å². The number of halogens is 1. The Hall–Kier alpha value is -2.45. The van der Waals surface area contributed by atoms with E-state index in [0.29, 0.717) is 5.56 Å². The zero-order chi connectivity index (χ0) is 15.8. The summed E-state index contributed by atoms with van der Waals surface area (Å²) < 4.78 is 0.951. The fraction of sp³-hybridized carbons (Fsp3) is 0.200. The lowest BCUT2D eigenvalue weighted by molar-refractivity contribution is 0.344. The van der Waals surface area contributed by atoms with Crippen LogP contribution < -0.4 is 11.2 Å². The summed E-state index contributed by atoms with van der Waals surface area (Å²) in [5.41, 5.74) is -2.39. The Morgan fingerprint density at radius 1 is 1.33 bits per heavy atom. The van der Waals surface area contributed by atoms with Crippen molar-refractivity contribution in [3.8, 4) is 29.4 Å². The largest absolute Gasteiger partial charge is 0.494 e. The normalized spacial score (nSPS) is 11.1. The van der Waals surface area contributed by atoms with E-state index in [9.17, 15) is 14.7 Å². The highest BCUT2D eigenvalue weighted by Gasteiger charge is 2.26. The lowest BCUT2D eigenvalue weighted by atomic mass is 10.0. The Balaban J connectivity index is 2.92. The van der Waals surface area contributed by atoms with E-state index in [2.05, 4.69) is 10.9 Å². The van der Waals surface area contributed by atoms with Gasteiger partial charge < -0.3 is 5.11 Å².